The van der Waals surface area contributed by atoms with Gasteiger partial charge in [0.15, 0.2) is 0 Å². The maximum atomic E-state index is 12.1. The normalized spacial score (nSPS) is 27.9. The third kappa shape index (κ3) is 4.41. The molecule has 0 aromatic carbocycles. The number of amides is 1. The molecule has 2 fully saturated rings. The van der Waals surface area contributed by atoms with Crippen molar-refractivity contribution in [1.29, 1.82) is 0 Å². The molecule has 2 aliphatic heterocycles. The fourth-order valence-electron chi connectivity index (χ4n) is 2.74. The van der Waals surface area contributed by atoms with E-state index in [0.717, 1.165) is 45.6 Å². The lowest BCUT2D eigenvalue weighted by Gasteiger charge is -2.32. The maximum absolute atomic E-state index is 12.1. The van der Waals surface area contributed by atoms with Crippen molar-refractivity contribution in [2.75, 3.05) is 33.4 Å². The molecule has 0 aliphatic carbocycles. The van der Waals surface area contributed by atoms with E-state index in [1.54, 1.807) is 0 Å². The van der Waals surface area contributed by atoms with Gasteiger partial charge in [0.25, 0.3) is 0 Å². The monoisotopic (exact) mass is 276 g/mol. The molecule has 0 spiro atoms. The Kier molecular flexibility index (Phi) is 6.97. The van der Waals surface area contributed by atoms with E-state index in [4.69, 9.17) is 4.74 Å². The number of hydrogen-bond acceptors (Lipinski definition) is 3. The Hall–Kier alpha value is -0.320. The van der Waals surface area contributed by atoms with Crippen molar-refractivity contribution in [2.45, 2.75) is 38.1 Å². The van der Waals surface area contributed by atoms with Crippen LogP contribution in [0, 0.1) is 5.92 Å². The van der Waals surface area contributed by atoms with Crippen LogP contribution in [0.25, 0.3) is 0 Å². The van der Waals surface area contributed by atoms with Gasteiger partial charge in [0.2, 0.25) is 5.91 Å². The highest BCUT2D eigenvalue weighted by atomic mass is 35.5. The highest BCUT2D eigenvalue weighted by Crippen LogP contribution is 2.19. The first-order valence-corrected chi connectivity index (χ1v) is 6.82. The molecule has 106 valence electrons. The van der Waals surface area contributed by atoms with Gasteiger partial charge in [-0.25, -0.2) is 0 Å². The quantitative estimate of drug-likeness (QED) is 0.845. The smallest absolute Gasteiger partial charge is 0.222 e. The van der Waals surface area contributed by atoms with E-state index in [2.05, 4.69) is 5.32 Å². The summed E-state index contributed by atoms with van der Waals surface area (Å²) in [6.45, 7) is 3.56. The van der Waals surface area contributed by atoms with Gasteiger partial charge in [0, 0.05) is 38.8 Å². The highest BCUT2D eigenvalue weighted by Gasteiger charge is 2.23. The van der Waals surface area contributed by atoms with Crippen LogP contribution in [0.5, 0.6) is 0 Å². The SMILES string of the molecule is CNC1CCCN(C(=O)CCC2CCOC2)C1.Cl. The van der Waals surface area contributed by atoms with Gasteiger partial charge in [-0.3, -0.25) is 4.79 Å². The van der Waals surface area contributed by atoms with Gasteiger partial charge in [-0.1, -0.05) is 0 Å². The summed E-state index contributed by atoms with van der Waals surface area (Å²) >= 11 is 0. The van der Waals surface area contributed by atoms with Gasteiger partial charge in [-0.05, 0) is 38.6 Å². The van der Waals surface area contributed by atoms with Crippen molar-refractivity contribution in [2.24, 2.45) is 5.92 Å². The van der Waals surface area contributed by atoms with Crippen LogP contribution in [-0.4, -0.2) is 50.2 Å². The van der Waals surface area contributed by atoms with Crippen molar-refractivity contribution >= 4 is 18.3 Å². The molecular weight excluding hydrogens is 252 g/mol. The lowest BCUT2D eigenvalue weighted by Crippen LogP contribution is -2.47. The molecule has 2 unspecified atom stereocenters. The van der Waals surface area contributed by atoms with Crippen molar-refractivity contribution in [3.05, 3.63) is 0 Å². The Morgan fingerprint density at radius 2 is 2.28 bits per heavy atom. The first-order valence-electron chi connectivity index (χ1n) is 6.82. The second kappa shape index (κ2) is 7.97. The number of nitrogens with one attached hydrogen (secondary N) is 1. The van der Waals surface area contributed by atoms with Crippen LogP contribution in [0.15, 0.2) is 0 Å². The maximum Gasteiger partial charge on any atom is 0.222 e. The molecule has 0 saturated carbocycles. The average molecular weight is 277 g/mol. The summed E-state index contributed by atoms with van der Waals surface area (Å²) in [4.78, 5) is 14.1. The number of nitrogens with zero attached hydrogens (tertiary/aromatic N) is 1. The second-order valence-electron chi connectivity index (χ2n) is 5.24. The second-order valence-corrected chi connectivity index (χ2v) is 5.24. The van der Waals surface area contributed by atoms with E-state index in [1.165, 1.54) is 6.42 Å². The predicted molar refractivity (Wildman–Crippen MR) is 74.1 cm³/mol. The molecule has 2 rings (SSSR count). The number of carbonyl (C=O) groups is 1. The molecule has 1 amide bonds. The Morgan fingerprint density at radius 3 is 2.94 bits per heavy atom. The summed E-state index contributed by atoms with van der Waals surface area (Å²) in [5.74, 6) is 0.945. The van der Waals surface area contributed by atoms with Gasteiger partial charge in [0.1, 0.15) is 0 Å². The standard InChI is InChI=1S/C13H24N2O2.ClH/c1-14-12-3-2-7-15(9-12)13(16)5-4-11-6-8-17-10-11;/h11-12,14H,2-10H2,1H3;1H. The summed E-state index contributed by atoms with van der Waals surface area (Å²) in [6.07, 6.45) is 5.15. The lowest BCUT2D eigenvalue weighted by atomic mass is 10.0. The third-order valence-corrected chi connectivity index (χ3v) is 3.97. The number of rotatable bonds is 4. The number of likely N-dealkylation sites (tertiary alicyclic amines) is 1. The zero-order chi connectivity index (χ0) is 12.1. The van der Waals surface area contributed by atoms with Crippen molar-refractivity contribution in [3.63, 3.8) is 0 Å². The van der Waals surface area contributed by atoms with E-state index in [0.29, 0.717) is 24.3 Å². The minimum atomic E-state index is 0. The molecule has 2 saturated heterocycles. The summed E-state index contributed by atoms with van der Waals surface area (Å²) in [6, 6.07) is 0.488. The van der Waals surface area contributed by atoms with Gasteiger partial charge in [0.05, 0.1) is 0 Å². The Balaban J connectivity index is 0.00000162. The number of halogens is 1. The molecule has 2 aliphatic rings. The molecule has 2 atom stereocenters. The zero-order valence-corrected chi connectivity index (χ0v) is 12.0. The van der Waals surface area contributed by atoms with Crippen LogP contribution in [0.1, 0.15) is 32.1 Å². The molecule has 18 heavy (non-hydrogen) atoms. The molecule has 1 N–H and O–H groups in total. The fourth-order valence-corrected chi connectivity index (χ4v) is 2.74. The highest BCUT2D eigenvalue weighted by molar-refractivity contribution is 5.85. The third-order valence-electron chi connectivity index (χ3n) is 3.97. The largest absolute Gasteiger partial charge is 0.381 e. The first-order chi connectivity index (χ1) is 8.29. The van der Waals surface area contributed by atoms with E-state index in [9.17, 15) is 4.79 Å². The van der Waals surface area contributed by atoms with Gasteiger partial charge in [-0.2, -0.15) is 0 Å². The average Bonchev–Trinajstić information content (AvgIpc) is 2.89. The van der Waals surface area contributed by atoms with Crippen LogP contribution < -0.4 is 5.32 Å². The van der Waals surface area contributed by atoms with Crippen LogP contribution in [0.3, 0.4) is 0 Å². The molecule has 0 aromatic heterocycles. The number of likely N-dealkylation sites (N-methyl/N-ethyl adjacent to an activating group) is 1. The summed E-state index contributed by atoms with van der Waals surface area (Å²) in [5.41, 5.74) is 0. The van der Waals surface area contributed by atoms with Gasteiger partial charge < -0.3 is 15.0 Å². The minimum absolute atomic E-state index is 0. The Morgan fingerprint density at radius 1 is 1.44 bits per heavy atom. The van der Waals surface area contributed by atoms with E-state index < -0.39 is 0 Å². The molecular formula is C13H25ClN2O2. The zero-order valence-electron chi connectivity index (χ0n) is 11.2. The summed E-state index contributed by atoms with van der Waals surface area (Å²) in [7, 11) is 1.98. The van der Waals surface area contributed by atoms with Crippen molar-refractivity contribution in [3.8, 4) is 0 Å². The lowest BCUT2D eigenvalue weighted by molar-refractivity contribution is -0.132. The number of hydrogen-bond donors (Lipinski definition) is 1. The Labute approximate surface area is 116 Å². The molecule has 0 bridgehead atoms. The van der Waals surface area contributed by atoms with E-state index >= 15 is 0 Å². The predicted octanol–water partition coefficient (Wildman–Crippen LogP) is 1.44. The molecule has 0 radical (unpaired) electrons. The van der Waals surface area contributed by atoms with Gasteiger partial charge >= 0.3 is 0 Å². The first kappa shape index (κ1) is 15.7. The van der Waals surface area contributed by atoms with Gasteiger partial charge in [-0.15, -0.1) is 12.4 Å². The van der Waals surface area contributed by atoms with Crippen LogP contribution in [0.2, 0.25) is 0 Å². The topological polar surface area (TPSA) is 41.6 Å². The van der Waals surface area contributed by atoms with Crippen molar-refractivity contribution in [1.82, 2.24) is 10.2 Å². The van der Waals surface area contributed by atoms with E-state index in [-0.39, 0.29) is 12.4 Å². The van der Waals surface area contributed by atoms with Crippen LogP contribution in [-0.2, 0) is 9.53 Å². The molecule has 5 heteroatoms. The van der Waals surface area contributed by atoms with Crippen molar-refractivity contribution < 1.29 is 9.53 Å². The minimum Gasteiger partial charge on any atom is -0.381 e. The number of ether oxygens (including phenoxy) is 1. The molecule has 0 aromatic rings. The summed E-state index contributed by atoms with van der Waals surface area (Å²) in [5, 5.41) is 3.27. The number of carbonyl (C=O) groups excluding carboxylic acids is 1. The number of piperidine rings is 1. The fraction of sp³-hybridized carbons (Fsp3) is 0.923. The van der Waals surface area contributed by atoms with E-state index in [1.807, 2.05) is 11.9 Å². The Bertz CT molecular complexity index is 257. The molecule has 2 heterocycles. The molecule has 4 nitrogen and oxygen atoms in total. The summed E-state index contributed by atoms with van der Waals surface area (Å²) < 4.78 is 5.33. The van der Waals surface area contributed by atoms with Crippen LogP contribution >= 0.6 is 12.4 Å². The van der Waals surface area contributed by atoms with Crippen LogP contribution in [0.4, 0.5) is 0 Å².